The first-order valence-corrected chi connectivity index (χ1v) is 6.58. The summed E-state index contributed by atoms with van der Waals surface area (Å²) in [7, 11) is 0. The first-order chi connectivity index (χ1) is 8.69. The molecule has 0 N–H and O–H groups in total. The van der Waals surface area contributed by atoms with Gasteiger partial charge in [0.1, 0.15) is 0 Å². The Bertz CT molecular complexity index is 692. The third-order valence-electron chi connectivity index (χ3n) is 3.07. The summed E-state index contributed by atoms with van der Waals surface area (Å²) in [5, 5.41) is 6.39. The number of hydrogen-bond acceptors (Lipinski definition) is 0. The van der Waals surface area contributed by atoms with Crippen molar-refractivity contribution in [1.82, 2.24) is 0 Å². The number of hydrogen-bond donors (Lipinski definition) is 0. The summed E-state index contributed by atoms with van der Waals surface area (Å²) < 4.78 is 0. The molecular formula is C18H20. The first-order valence-electron chi connectivity index (χ1n) is 6.58. The van der Waals surface area contributed by atoms with Crippen molar-refractivity contribution in [2.45, 2.75) is 27.2 Å². The minimum Gasteiger partial charge on any atom is -0.0911 e. The second-order valence-corrected chi connectivity index (χ2v) is 4.77. The summed E-state index contributed by atoms with van der Waals surface area (Å²) >= 11 is 0. The maximum Gasteiger partial charge on any atom is -0.00304 e. The van der Waals surface area contributed by atoms with Crippen LogP contribution in [0.4, 0.5) is 0 Å². The van der Waals surface area contributed by atoms with E-state index in [2.05, 4.69) is 69.8 Å². The summed E-state index contributed by atoms with van der Waals surface area (Å²) in [4.78, 5) is 0. The molecule has 0 nitrogen and oxygen atoms in total. The predicted molar refractivity (Wildman–Crippen MR) is 82.9 cm³/mol. The van der Waals surface area contributed by atoms with Gasteiger partial charge in [0.05, 0.1) is 0 Å². The van der Waals surface area contributed by atoms with Gasteiger partial charge in [-0.3, -0.25) is 0 Å². The Kier molecular flexibility index (Phi) is 3.66. The fourth-order valence-corrected chi connectivity index (χ4v) is 2.34. The highest BCUT2D eigenvalue weighted by Crippen LogP contribution is 2.26. The molecule has 0 amide bonds. The Morgan fingerprint density at radius 1 is 0.833 bits per heavy atom. The zero-order valence-electron chi connectivity index (χ0n) is 11.5. The van der Waals surface area contributed by atoms with Gasteiger partial charge in [-0.25, -0.2) is 0 Å². The monoisotopic (exact) mass is 236 g/mol. The van der Waals surface area contributed by atoms with Crippen LogP contribution in [0.15, 0.2) is 42.5 Å². The largest absolute Gasteiger partial charge is 0.0911 e. The average molecular weight is 236 g/mol. The Balaban J connectivity index is 0.000000367. The van der Waals surface area contributed by atoms with Crippen LogP contribution < -0.4 is 5.22 Å². The van der Waals surface area contributed by atoms with Crippen LogP contribution in [-0.2, 0) is 0 Å². The lowest BCUT2D eigenvalue weighted by atomic mass is 9.96. The van der Waals surface area contributed by atoms with Gasteiger partial charge in [0, 0.05) is 0 Å². The number of benzene rings is 3. The van der Waals surface area contributed by atoms with E-state index in [0.717, 1.165) is 5.22 Å². The molecule has 92 valence electrons. The molecule has 0 saturated heterocycles. The normalized spacial score (nSPS) is 10.4. The summed E-state index contributed by atoms with van der Waals surface area (Å²) in [5.74, 6) is 0. The van der Waals surface area contributed by atoms with Crippen molar-refractivity contribution in [3.8, 4) is 0 Å². The van der Waals surface area contributed by atoms with Crippen LogP contribution in [0.25, 0.3) is 28.1 Å². The van der Waals surface area contributed by atoms with Gasteiger partial charge in [-0.1, -0.05) is 69.3 Å². The molecule has 0 aliphatic rings. The summed E-state index contributed by atoms with van der Waals surface area (Å²) in [6, 6.07) is 15.0. The average Bonchev–Trinajstić information content (AvgIpc) is 2.37. The lowest BCUT2D eigenvalue weighted by Gasteiger charge is -2.08. The number of aryl methyl sites for hydroxylation is 1. The smallest absolute Gasteiger partial charge is 0.00304 e. The van der Waals surface area contributed by atoms with E-state index in [1.807, 2.05) is 0 Å². The predicted octanol–water partition coefficient (Wildman–Crippen LogP) is 4.85. The van der Waals surface area contributed by atoms with E-state index >= 15 is 0 Å². The zero-order chi connectivity index (χ0) is 13.1. The van der Waals surface area contributed by atoms with Crippen LogP contribution in [-0.4, -0.2) is 0 Å². The molecule has 0 radical (unpaired) electrons. The van der Waals surface area contributed by atoms with E-state index < -0.39 is 0 Å². The van der Waals surface area contributed by atoms with Crippen molar-refractivity contribution < 1.29 is 0 Å². The molecule has 0 aliphatic heterocycles. The quantitative estimate of drug-likeness (QED) is 0.523. The van der Waals surface area contributed by atoms with Crippen LogP contribution >= 0.6 is 0 Å². The summed E-state index contributed by atoms with van der Waals surface area (Å²) in [6.45, 7) is 10.5. The zero-order valence-corrected chi connectivity index (χ0v) is 11.5. The molecule has 0 aromatic heterocycles. The highest BCUT2D eigenvalue weighted by Gasteiger charge is 2.03. The molecule has 0 heterocycles. The van der Waals surface area contributed by atoms with Crippen molar-refractivity contribution in [3.05, 3.63) is 53.2 Å². The summed E-state index contributed by atoms with van der Waals surface area (Å²) in [6.07, 6.45) is 1.25. The van der Waals surface area contributed by atoms with E-state index in [-0.39, 0.29) is 0 Å². The van der Waals surface area contributed by atoms with Crippen LogP contribution in [0.1, 0.15) is 25.8 Å². The van der Waals surface area contributed by atoms with Crippen LogP contribution in [0.5, 0.6) is 0 Å². The fraction of sp³-hybridized carbons (Fsp3) is 0.222. The molecular weight excluding hydrogens is 216 g/mol. The minimum atomic E-state index is 1.12. The van der Waals surface area contributed by atoms with Crippen LogP contribution in [0.3, 0.4) is 0 Å². The highest BCUT2D eigenvalue weighted by molar-refractivity contribution is 6.11. The van der Waals surface area contributed by atoms with Gasteiger partial charge in [0.15, 0.2) is 0 Å². The van der Waals surface area contributed by atoms with E-state index in [4.69, 9.17) is 0 Å². The Labute approximate surface area is 109 Å². The molecule has 0 bridgehead atoms. The Morgan fingerprint density at radius 3 is 2.00 bits per heavy atom. The van der Waals surface area contributed by atoms with E-state index in [1.54, 1.807) is 0 Å². The second-order valence-electron chi connectivity index (χ2n) is 4.77. The van der Waals surface area contributed by atoms with Gasteiger partial charge < -0.3 is 0 Å². The van der Waals surface area contributed by atoms with Gasteiger partial charge in [-0.2, -0.15) is 0 Å². The standard InChI is InChI=1S/C15H12.C3H8/c1-10-6-8-12-4-3-5-13-9-7-11(2)14(10)15(12)13;1-3-2/h3-9H,1H2,2H3;3H2,1-2H3. The maximum absolute atomic E-state index is 4.11. The van der Waals surface area contributed by atoms with Gasteiger partial charge in [-0.15, -0.1) is 0 Å². The van der Waals surface area contributed by atoms with Gasteiger partial charge in [0.25, 0.3) is 0 Å². The molecule has 3 aromatic carbocycles. The summed E-state index contributed by atoms with van der Waals surface area (Å²) in [5.41, 5.74) is 1.31. The molecule has 3 aromatic rings. The Hall–Kier alpha value is -1.82. The van der Waals surface area contributed by atoms with Crippen molar-refractivity contribution in [1.29, 1.82) is 0 Å². The third-order valence-corrected chi connectivity index (χ3v) is 3.07. The molecule has 0 atom stereocenters. The van der Waals surface area contributed by atoms with Crippen molar-refractivity contribution in [2.24, 2.45) is 0 Å². The van der Waals surface area contributed by atoms with Crippen LogP contribution in [0, 0.1) is 6.92 Å². The molecule has 0 aliphatic carbocycles. The molecule has 18 heavy (non-hydrogen) atoms. The Morgan fingerprint density at radius 2 is 1.39 bits per heavy atom. The lowest BCUT2D eigenvalue weighted by molar-refractivity contribution is 1.09. The molecule has 0 fully saturated rings. The second kappa shape index (κ2) is 5.22. The van der Waals surface area contributed by atoms with Crippen molar-refractivity contribution >= 4 is 28.1 Å². The SMILES string of the molecule is C=c1ccc2cccc3ccc(C)c1c32.CCC. The topological polar surface area (TPSA) is 0 Å². The van der Waals surface area contributed by atoms with E-state index in [1.165, 1.54) is 33.5 Å². The van der Waals surface area contributed by atoms with Crippen molar-refractivity contribution in [2.75, 3.05) is 0 Å². The molecule has 3 rings (SSSR count). The third kappa shape index (κ3) is 2.11. The maximum atomic E-state index is 4.11. The molecule has 0 saturated carbocycles. The van der Waals surface area contributed by atoms with Crippen molar-refractivity contribution in [3.63, 3.8) is 0 Å². The van der Waals surface area contributed by atoms with Crippen LogP contribution in [0.2, 0.25) is 0 Å². The highest BCUT2D eigenvalue weighted by atomic mass is 14.1. The first kappa shape index (κ1) is 12.6. The van der Waals surface area contributed by atoms with Gasteiger partial charge in [-0.05, 0) is 39.3 Å². The van der Waals surface area contributed by atoms with E-state index in [0.29, 0.717) is 0 Å². The van der Waals surface area contributed by atoms with E-state index in [9.17, 15) is 0 Å². The minimum absolute atomic E-state index is 1.12. The molecule has 0 spiro atoms. The van der Waals surface area contributed by atoms with Gasteiger partial charge >= 0.3 is 0 Å². The lowest BCUT2D eigenvalue weighted by Crippen LogP contribution is -2.00. The fourth-order valence-electron chi connectivity index (χ4n) is 2.34. The molecule has 0 heteroatoms. The number of rotatable bonds is 0. The molecule has 0 unspecified atom stereocenters. The van der Waals surface area contributed by atoms with Gasteiger partial charge in [0.2, 0.25) is 0 Å².